The van der Waals surface area contributed by atoms with E-state index in [-0.39, 0.29) is 23.8 Å². The molecule has 0 saturated heterocycles. The Labute approximate surface area is 132 Å². The van der Waals surface area contributed by atoms with Gasteiger partial charge in [0.1, 0.15) is 4.60 Å². The summed E-state index contributed by atoms with van der Waals surface area (Å²) in [5, 5.41) is 3.01. The number of amides is 1. The van der Waals surface area contributed by atoms with E-state index < -0.39 is 0 Å². The smallest absolute Gasteiger partial charge is 0.308 e. The molecule has 114 valence electrons. The van der Waals surface area contributed by atoms with Crippen LogP contribution in [-0.2, 0) is 9.53 Å². The Bertz CT molecular complexity index is 513. The van der Waals surface area contributed by atoms with Crippen LogP contribution in [0.2, 0.25) is 0 Å². The Morgan fingerprint density at radius 3 is 2.71 bits per heavy atom. The van der Waals surface area contributed by atoms with Crippen molar-refractivity contribution in [1.29, 1.82) is 0 Å². The standard InChI is InChI=1S/C15H19BrN2O3/c1-2-21-15(20)10-3-5-12(6-4-10)18-14(19)11-7-8-17-13(16)9-11/h7-10,12H,2-6H2,1H3,(H,18,19). The van der Waals surface area contributed by atoms with Gasteiger partial charge in [0.2, 0.25) is 0 Å². The van der Waals surface area contributed by atoms with Gasteiger partial charge < -0.3 is 10.1 Å². The largest absolute Gasteiger partial charge is 0.466 e. The third-order valence-electron chi connectivity index (χ3n) is 3.67. The van der Waals surface area contributed by atoms with E-state index >= 15 is 0 Å². The average molecular weight is 355 g/mol. The molecule has 1 aromatic heterocycles. The van der Waals surface area contributed by atoms with Crippen LogP contribution in [0.15, 0.2) is 22.9 Å². The molecule has 0 atom stereocenters. The maximum atomic E-state index is 12.1. The van der Waals surface area contributed by atoms with E-state index in [1.165, 1.54) is 0 Å². The van der Waals surface area contributed by atoms with Gasteiger partial charge in [-0.15, -0.1) is 0 Å². The Morgan fingerprint density at radius 1 is 1.38 bits per heavy atom. The lowest BCUT2D eigenvalue weighted by atomic mass is 9.86. The van der Waals surface area contributed by atoms with Crippen molar-refractivity contribution in [3.63, 3.8) is 0 Å². The molecule has 1 N–H and O–H groups in total. The fourth-order valence-electron chi connectivity index (χ4n) is 2.55. The van der Waals surface area contributed by atoms with Crippen LogP contribution in [0.5, 0.6) is 0 Å². The van der Waals surface area contributed by atoms with Gasteiger partial charge in [0, 0.05) is 17.8 Å². The monoisotopic (exact) mass is 354 g/mol. The number of halogens is 1. The van der Waals surface area contributed by atoms with Gasteiger partial charge in [-0.05, 0) is 60.7 Å². The summed E-state index contributed by atoms with van der Waals surface area (Å²) in [6.45, 7) is 2.24. The Hall–Kier alpha value is -1.43. The molecule has 0 bridgehead atoms. The second-order valence-electron chi connectivity index (χ2n) is 5.14. The summed E-state index contributed by atoms with van der Waals surface area (Å²) >= 11 is 3.25. The van der Waals surface area contributed by atoms with Crippen LogP contribution in [0.3, 0.4) is 0 Å². The highest BCUT2D eigenvalue weighted by molar-refractivity contribution is 9.10. The molecule has 6 heteroatoms. The minimum absolute atomic E-state index is 0.0202. The second kappa shape index (κ2) is 7.54. The van der Waals surface area contributed by atoms with Gasteiger partial charge in [0.05, 0.1) is 12.5 Å². The Kier molecular flexibility index (Phi) is 5.73. The highest BCUT2D eigenvalue weighted by atomic mass is 79.9. The van der Waals surface area contributed by atoms with E-state index in [9.17, 15) is 9.59 Å². The predicted octanol–water partition coefficient (Wildman–Crippen LogP) is 2.70. The lowest BCUT2D eigenvalue weighted by molar-refractivity contribution is -0.149. The average Bonchev–Trinajstić information content (AvgIpc) is 2.48. The van der Waals surface area contributed by atoms with Crippen molar-refractivity contribution < 1.29 is 14.3 Å². The molecule has 0 radical (unpaired) electrons. The van der Waals surface area contributed by atoms with Crippen LogP contribution in [-0.4, -0.2) is 29.5 Å². The lowest BCUT2D eigenvalue weighted by Crippen LogP contribution is -2.39. The maximum Gasteiger partial charge on any atom is 0.308 e. The van der Waals surface area contributed by atoms with Crippen LogP contribution in [0.4, 0.5) is 0 Å². The van der Waals surface area contributed by atoms with Gasteiger partial charge in [-0.2, -0.15) is 0 Å². The summed E-state index contributed by atoms with van der Waals surface area (Å²) in [7, 11) is 0. The summed E-state index contributed by atoms with van der Waals surface area (Å²) < 4.78 is 5.68. The first-order chi connectivity index (χ1) is 10.1. The van der Waals surface area contributed by atoms with Gasteiger partial charge in [-0.25, -0.2) is 4.98 Å². The molecule has 0 aliphatic heterocycles. The molecular weight excluding hydrogens is 336 g/mol. The number of nitrogens with one attached hydrogen (secondary N) is 1. The summed E-state index contributed by atoms with van der Waals surface area (Å²) in [4.78, 5) is 27.8. The molecule has 1 saturated carbocycles. The first-order valence-electron chi connectivity index (χ1n) is 7.19. The van der Waals surface area contributed by atoms with E-state index in [1.54, 1.807) is 18.3 Å². The zero-order valence-electron chi connectivity index (χ0n) is 12.0. The summed E-state index contributed by atoms with van der Waals surface area (Å²) in [6.07, 6.45) is 4.74. The zero-order valence-corrected chi connectivity index (χ0v) is 13.6. The molecule has 2 rings (SSSR count). The molecule has 0 spiro atoms. The first-order valence-corrected chi connectivity index (χ1v) is 7.98. The fourth-order valence-corrected chi connectivity index (χ4v) is 2.91. The molecule has 5 nitrogen and oxygen atoms in total. The van der Waals surface area contributed by atoms with Gasteiger partial charge in [-0.1, -0.05) is 0 Å². The van der Waals surface area contributed by atoms with Crippen molar-refractivity contribution in [2.75, 3.05) is 6.61 Å². The number of hydrogen-bond donors (Lipinski definition) is 1. The van der Waals surface area contributed by atoms with Crippen molar-refractivity contribution in [2.24, 2.45) is 5.92 Å². The highest BCUT2D eigenvalue weighted by Gasteiger charge is 2.28. The highest BCUT2D eigenvalue weighted by Crippen LogP contribution is 2.25. The Balaban J connectivity index is 1.83. The number of rotatable bonds is 4. The van der Waals surface area contributed by atoms with Gasteiger partial charge in [0.25, 0.3) is 5.91 Å². The van der Waals surface area contributed by atoms with Crippen molar-refractivity contribution >= 4 is 27.8 Å². The maximum absolute atomic E-state index is 12.1. The van der Waals surface area contributed by atoms with Gasteiger partial charge in [0.15, 0.2) is 0 Å². The third kappa shape index (κ3) is 4.52. The van der Waals surface area contributed by atoms with Gasteiger partial charge >= 0.3 is 5.97 Å². The van der Waals surface area contributed by atoms with E-state index in [2.05, 4.69) is 26.2 Å². The van der Waals surface area contributed by atoms with Crippen LogP contribution in [0.25, 0.3) is 0 Å². The van der Waals surface area contributed by atoms with E-state index in [0.29, 0.717) is 16.8 Å². The van der Waals surface area contributed by atoms with Crippen LogP contribution in [0.1, 0.15) is 43.0 Å². The molecule has 1 fully saturated rings. The van der Waals surface area contributed by atoms with E-state index in [1.807, 2.05) is 6.92 Å². The number of ether oxygens (including phenoxy) is 1. The molecular formula is C15H19BrN2O3. The second-order valence-corrected chi connectivity index (χ2v) is 5.95. The number of carbonyl (C=O) groups is 2. The van der Waals surface area contributed by atoms with Crippen molar-refractivity contribution in [2.45, 2.75) is 38.6 Å². The third-order valence-corrected chi connectivity index (χ3v) is 4.10. The zero-order chi connectivity index (χ0) is 15.2. The molecule has 0 unspecified atom stereocenters. The first kappa shape index (κ1) is 15.9. The molecule has 1 amide bonds. The summed E-state index contributed by atoms with van der Waals surface area (Å²) in [5.74, 6) is -0.230. The SMILES string of the molecule is CCOC(=O)C1CCC(NC(=O)c2ccnc(Br)c2)CC1. The number of pyridine rings is 1. The minimum Gasteiger partial charge on any atom is -0.466 e. The number of esters is 1. The van der Waals surface area contributed by atoms with Crippen molar-refractivity contribution in [3.8, 4) is 0 Å². The van der Waals surface area contributed by atoms with E-state index in [4.69, 9.17) is 4.74 Å². The van der Waals surface area contributed by atoms with Crippen LogP contribution in [0, 0.1) is 5.92 Å². The van der Waals surface area contributed by atoms with Gasteiger partial charge in [-0.3, -0.25) is 9.59 Å². The number of nitrogens with zero attached hydrogens (tertiary/aromatic N) is 1. The van der Waals surface area contributed by atoms with E-state index in [0.717, 1.165) is 25.7 Å². The van der Waals surface area contributed by atoms with Crippen LogP contribution >= 0.6 is 15.9 Å². The van der Waals surface area contributed by atoms with Crippen molar-refractivity contribution in [3.05, 3.63) is 28.5 Å². The number of aromatic nitrogens is 1. The molecule has 1 aliphatic rings. The molecule has 0 aromatic carbocycles. The summed E-state index contributed by atoms with van der Waals surface area (Å²) in [5.41, 5.74) is 0.587. The quantitative estimate of drug-likeness (QED) is 0.666. The lowest BCUT2D eigenvalue weighted by Gasteiger charge is -2.27. The molecule has 1 aliphatic carbocycles. The summed E-state index contributed by atoms with van der Waals surface area (Å²) in [6, 6.07) is 3.50. The fraction of sp³-hybridized carbons (Fsp3) is 0.533. The van der Waals surface area contributed by atoms with Crippen molar-refractivity contribution in [1.82, 2.24) is 10.3 Å². The minimum atomic E-state index is -0.111. The van der Waals surface area contributed by atoms with Crippen LogP contribution < -0.4 is 5.32 Å². The Morgan fingerprint density at radius 2 is 2.10 bits per heavy atom. The number of hydrogen-bond acceptors (Lipinski definition) is 4. The molecule has 21 heavy (non-hydrogen) atoms. The normalized spacial score (nSPS) is 21.6. The topological polar surface area (TPSA) is 68.3 Å². The molecule has 1 aromatic rings. The predicted molar refractivity (Wildman–Crippen MR) is 81.8 cm³/mol. The molecule has 1 heterocycles. The number of carbonyl (C=O) groups excluding carboxylic acids is 2.